The van der Waals surface area contributed by atoms with Crippen molar-refractivity contribution >= 4 is 0 Å². The first kappa shape index (κ1) is 14.7. The van der Waals surface area contributed by atoms with Crippen LogP contribution in [0.25, 0.3) is 0 Å². The summed E-state index contributed by atoms with van der Waals surface area (Å²) < 4.78 is 5.45. The first-order valence-electron chi connectivity index (χ1n) is 6.11. The highest BCUT2D eigenvalue weighted by Gasteiger charge is 2.16. The SMILES string of the molecule is C=CCCCCCC(NC)C(CC)OC. The molecule has 0 aromatic rings. The van der Waals surface area contributed by atoms with Gasteiger partial charge in [-0.3, -0.25) is 0 Å². The Bertz CT molecular complexity index is 143. The van der Waals surface area contributed by atoms with Crippen LogP contribution >= 0.6 is 0 Å². The lowest BCUT2D eigenvalue weighted by atomic mass is 10.0. The topological polar surface area (TPSA) is 21.3 Å². The summed E-state index contributed by atoms with van der Waals surface area (Å²) in [6.07, 6.45) is 9.63. The van der Waals surface area contributed by atoms with E-state index in [1.165, 1.54) is 25.7 Å². The molecule has 0 fully saturated rings. The van der Waals surface area contributed by atoms with Crippen LogP contribution in [0, 0.1) is 0 Å². The third-order valence-corrected chi connectivity index (χ3v) is 2.95. The lowest BCUT2D eigenvalue weighted by molar-refractivity contribution is 0.0641. The molecule has 0 aromatic heterocycles. The summed E-state index contributed by atoms with van der Waals surface area (Å²) in [6, 6.07) is 0.503. The fourth-order valence-electron chi connectivity index (χ4n) is 1.96. The number of ether oxygens (including phenoxy) is 1. The van der Waals surface area contributed by atoms with E-state index in [1.807, 2.05) is 13.1 Å². The third kappa shape index (κ3) is 6.69. The monoisotopic (exact) mass is 213 g/mol. The van der Waals surface area contributed by atoms with Crippen LogP contribution in [0.2, 0.25) is 0 Å². The molecule has 0 bridgehead atoms. The van der Waals surface area contributed by atoms with Crippen LogP contribution in [-0.2, 0) is 4.74 Å². The average molecular weight is 213 g/mol. The molecule has 0 aliphatic carbocycles. The number of unbranched alkanes of at least 4 members (excludes halogenated alkanes) is 3. The summed E-state index contributed by atoms with van der Waals surface area (Å²) in [5.41, 5.74) is 0. The van der Waals surface area contributed by atoms with E-state index in [2.05, 4.69) is 18.8 Å². The number of hydrogen-bond acceptors (Lipinski definition) is 2. The van der Waals surface area contributed by atoms with E-state index < -0.39 is 0 Å². The quantitative estimate of drug-likeness (QED) is 0.444. The minimum atomic E-state index is 0.356. The Morgan fingerprint density at radius 2 is 2.07 bits per heavy atom. The molecule has 2 heteroatoms. The normalized spacial score (nSPS) is 14.9. The number of likely N-dealkylation sites (N-methyl/N-ethyl adjacent to an activating group) is 1. The van der Waals surface area contributed by atoms with E-state index in [1.54, 1.807) is 7.11 Å². The van der Waals surface area contributed by atoms with Gasteiger partial charge in [-0.2, -0.15) is 0 Å². The van der Waals surface area contributed by atoms with Crippen molar-refractivity contribution in [1.29, 1.82) is 0 Å². The molecule has 0 heterocycles. The van der Waals surface area contributed by atoms with Crippen LogP contribution in [0.1, 0.15) is 45.4 Å². The van der Waals surface area contributed by atoms with Gasteiger partial charge in [-0.25, -0.2) is 0 Å². The maximum atomic E-state index is 5.45. The predicted molar refractivity (Wildman–Crippen MR) is 67.2 cm³/mol. The van der Waals surface area contributed by atoms with Gasteiger partial charge in [0.2, 0.25) is 0 Å². The number of rotatable bonds is 10. The third-order valence-electron chi connectivity index (χ3n) is 2.95. The Morgan fingerprint density at radius 3 is 2.53 bits per heavy atom. The second kappa shape index (κ2) is 10.2. The predicted octanol–water partition coefficient (Wildman–Crippen LogP) is 3.14. The number of allylic oxidation sites excluding steroid dienone is 1. The van der Waals surface area contributed by atoms with Crippen molar-refractivity contribution in [2.45, 2.75) is 57.6 Å². The summed E-state index contributed by atoms with van der Waals surface area (Å²) >= 11 is 0. The van der Waals surface area contributed by atoms with E-state index in [4.69, 9.17) is 4.74 Å². The second-order valence-electron chi connectivity index (χ2n) is 4.00. The Morgan fingerprint density at radius 1 is 1.33 bits per heavy atom. The van der Waals surface area contributed by atoms with E-state index in [0.717, 1.165) is 12.8 Å². The molecule has 15 heavy (non-hydrogen) atoms. The van der Waals surface area contributed by atoms with Gasteiger partial charge in [0, 0.05) is 13.2 Å². The Balaban J connectivity index is 3.64. The van der Waals surface area contributed by atoms with Crippen molar-refractivity contribution in [2.75, 3.05) is 14.2 Å². The molecule has 2 unspecified atom stereocenters. The van der Waals surface area contributed by atoms with E-state index in [9.17, 15) is 0 Å². The average Bonchev–Trinajstić information content (AvgIpc) is 2.27. The molecule has 0 saturated heterocycles. The van der Waals surface area contributed by atoms with Crippen LogP contribution in [0.3, 0.4) is 0 Å². The summed E-state index contributed by atoms with van der Waals surface area (Å²) in [5.74, 6) is 0. The van der Waals surface area contributed by atoms with Gasteiger partial charge in [-0.05, 0) is 32.7 Å². The molecule has 0 rings (SSSR count). The molecule has 90 valence electrons. The van der Waals surface area contributed by atoms with Gasteiger partial charge < -0.3 is 10.1 Å². The summed E-state index contributed by atoms with van der Waals surface area (Å²) in [4.78, 5) is 0. The molecule has 0 aromatic carbocycles. The first-order valence-corrected chi connectivity index (χ1v) is 6.11. The van der Waals surface area contributed by atoms with Gasteiger partial charge in [0.25, 0.3) is 0 Å². The highest BCUT2D eigenvalue weighted by molar-refractivity contribution is 4.74. The zero-order chi connectivity index (χ0) is 11.5. The van der Waals surface area contributed by atoms with Crippen molar-refractivity contribution in [3.63, 3.8) is 0 Å². The molecule has 0 aliphatic heterocycles. The largest absolute Gasteiger partial charge is 0.380 e. The van der Waals surface area contributed by atoms with Crippen LogP contribution < -0.4 is 5.32 Å². The molecular weight excluding hydrogens is 186 g/mol. The maximum absolute atomic E-state index is 5.45. The summed E-state index contributed by atoms with van der Waals surface area (Å²) in [7, 11) is 3.83. The molecular formula is C13H27NO. The van der Waals surface area contributed by atoms with Gasteiger partial charge >= 0.3 is 0 Å². The number of methoxy groups -OCH3 is 1. The smallest absolute Gasteiger partial charge is 0.0721 e. The van der Waals surface area contributed by atoms with E-state index in [-0.39, 0.29) is 0 Å². The zero-order valence-electron chi connectivity index (χ0n) is 10.6. The maximum Gasteiger partial charge on any atom is 0.0721 e. The molecule has 2 atom stereocenters. The van der Waals surface area contributed by atoms with Gasteiger partial charge in [-0.15, -0.1) is 6.58 Å². The van der Waals surface area contributed by atoms with Gasteiger partial charge in [0.15, 0.2) is 0 Å². The van der Waals surface area contributed by atoms with Crippen molar-refractivity contribution in [3.8, 4) is 0 Å². The van der Waals surface area contributed by atoms with Crippen molar-refractivity contribution < 1.29 is 4.74 Å². The fraction of sp³-hybridized carbons (Fsp3) is 0.846. The molecule has 0 spiro atoms. The minimum Gasteiger partial charge on any atom is -0.380 e. The Labute approximate surface area is 95.1 Å². The van der Waals surface area contributed by atoms with Crippen LogP contribution in [0.4, 0.5) is 0 Å². The van der Waals surface area contributed by atoms with E-state index in [0.29, 0.717) is 12.1 Å². The standard InChI is InChI=1S/C13H27NO/c1-5-7-8-9-10-11-12(14-3)13(6-2)15-4/h5,12-14H,1,6-11H2,2-4H3. The summed E-state index contributed by atoms with van der Waals surface area (Å²) in [5, 5.41) is 3.35. The Kier molecular flexibility index (Phi) is 9.96. The second-order valence-corrected chi connectivity index (χ2v) is 4.00. The van der Waals surface area contributed by atoms with Crippen LogP contribution in [0.15, 0.2) is 12.7 Å². The highest BCUT2D eigenvalue weighted by atomic mass is 16.5. The first-order chi connectivity index (χ1) is 7.29. The highest BCUT2D eigenvalue weighted by Crippen LogP contribution is 2.12. The van der Waals surface area contributed by atoms with Gasteiger partial charge in [-0.1, -0.05) is 25.8 Å². The molecule has 1 N–H and O–H groups in total. The van der Waals surface area contributed by atoms with Crippen LogP contribution in [-0.4, -0.2) is 26.3 Å². The number of hydrogen-bond donors (Lipinski definition) is 1. The minimum absolute atomic E-state index is 0.356. The Hall–Kier alpha value is -0.340. The molecule has 0 radical (unpaired) electrons. The van der Waals surface area contributed by atoms with Crippen molar-refractivity contribution in [1.82, 2.24) is 5.32 Å². The van der Waals surface area contributed by atoms with Crippen LogP contribution in [0.5, 0.6) is 0 Å². The molecule has 2 nitrogen and oxygen atoms in total. The lowest BCUT2D eigenvalue weighted by Crippen LogP contribution is -2.38. The molecule has 0 aliphatic rings. The summed E-state index contributed by atoms with van der Waals surface area (Å²) in [6.45, 7) is 5.91. The fourth-order valence-corrected chi connectivity index (χ4v) is 1.96. The van der Waals surface area contributed by atoms with Crippen molar-refractivity contribution in [2.24, 2.45) is 0 Å². The van der Waals surface area contributed by atoms with E-state index >= 15 is 0 Å². The molecule has 0 saturated carbocycles. The van der Waals surface area contributed by atoms with Gasteiger partial charge in [0.05, 0.1) is 6.10 Å². The lowest BCUT2D eigenvalue weighted by Gasteiger charge is -2.24. The zero-order valence-corrected chi connectivity index (χ0v) is 10.6. The number of nitrogens with one attached hydrogen (secondary N) is 1. The molecule has 0 amide bonds. The van der Waals surface area contributed by atoms with Gasteiger partial charge in [0.1, 0.15) is 0 Å². The van der Waals surface area contributed by atoms with Crippen molar-refractivity contribution in [3.05, 3.63) is 12.7 Å².